The highest BCUT2D eigenvalue weighted by molar-refractivity contribution is 8.01. The molecule has 0 aliphatic rings. The van der Waals surface area contributed by atoms with Crippen molar-refractivity contribution < 1.29 is 9.90 Å². The summed E-state index contributed by atoms with van der Waals surface area (Å²) in [6.07, 6.45) is 3.04. The lowest BCUT2D eigenvalue weighted by Crippen LogP contribution is -2.38. The van der Waals surface area contributed by atoms with Crippen molar-refractivity contribution in [3.8, 4) is 0 Å². The summed E-state index contributed by atoms with van der Waals surface area (Å²) in [5.41, 5.74) is 0. The molecule has 0 aliphatic carbocycles. The molecule has 33 heavy (non-hydrogen) atoms. The van der Waals surface area contributed by atoms with E-state index in [0.29, 0.717) is 0 Å². The van der Waals surface area contributed by atoms with Gasteiger partial charge in [0.15, 0.2) is 0 Å². The minimum absolute atomic E-state index is 0.216. The lowest BCUT2D eigenvalue weighted by molar-refractivity contribution is -0.305. The highest BCUT2D eigenvalue weighted by Gasteiger charge is 2.47. The van der Waals surface area contributed by atoms with Gasteiger partial charge in [-0.05, 0) is 61.4 Å². The molecule has 0 aromatic heterocycles. The summed E-state index contributed by atoms with van der Waals surface area (Å²) in [5, 5.41) is 15.3. The minimum Gasteiger partial charge on any atom is -0.550 e. The van der Waals surface area contributed by atoms with Gasteiger partial charge in [0, 0.05) is 5.97 Å². The first-order valence-electron chi connectivity index (χ1n) is 11.5. The molecule has 4 rings (SSSR count). The van der Waals surface area contributed by atoms with E-state index in [0.717, 1.165) is 19.3 Å². The average Bonchev–Trinajstić information content (AvgIpc) is 2.88. The van der Waals surface area contributed by atoms with Crippen molar-refractivity contribution in [2.24, 2.45) is 0 Å². The second kappa shape index (κ2) is 12.7. The number of carboxylic acids is 1. The average molecular weight is 455 g/mol. The number of hydrogen-bond acceptors (Lipinski definition) is 2. The van der Waals surface area contributed by atoms with E-state index in [1.165, 1.54) is 21.2 Å². The summed E-state index contributed by atoms with van der Waals surface area (Å²) >= 11 is 0. The summed E-state index contributed by atoms with van der Waals surface area (Å²) in [7, 11) is -1.91. The molecule has 0 saturated heterocycles. The highest BCUT2D eigenvalue weighted by atomic mass is 31.2. The fourth-order valence-electron chi connectivity index (χ4n) is 4.02. The predicted octanol–water partition coefficient (Wildman–Crippen LogP) is 4.62. The van der Waals surface area contributed by atoms with E-state index >= 15 is 0 Å². The Bertz CT molecular complexity index is 918. The lowest BCUT2D eigenvalue weighted by Gasteiger charge is -2.27. The van der Waals surface area contributed by atoms with E-state index in [9.17, 15) is 9.90 Å². The van der Waals surface area contributed by atoms with Crippen molar-refractivity contribution in [3.63, 3.8) is 0 Å². The largest absolute Gasteiger partial charge is 0.550 e. The molecule has 4 aromatic rings. The van der Waals surface area contributed by atoms with Crippen molar-refractivity contribution in [1.82, 2.24) is 0 Å². The van der Waals surface area contributed by atoms with Gasteiger partial charge in [0.05, 0.1) is 0 Å². The standard InChI is InChI=1S/C24H20P.C6H12O2/c1-5-13-21(14-6-1)25(22-15-7-2-8-16-22,23-17-9-3-10-18-23)24-19-11-4-12-20-24;1-2-3-4-5-6(7)8/h1-20H;2-5H2,1H3,(H,7,8)/q+1;/p-1. The third-order valence-corrected chi connectivity index (χ3v) is 9.85. The van der Waals surface area contributed by atoms with Crippen molar-refractivity contribution in [2.75, 3.05) is 0 Å². The number of aliphatic carboxylic acids is 1. The smallest absolute Gasteiger partial charge is 0.144 e. The second-order valence-corrected chi connectivity index (χ2v) is 11.2. The zero-order valence-electron chi connectivity index (χ0n) is 19.1. The molecule has 0 fully saturated rings. The van der Waals surface area contributed by atoms with Crippen LogP contribution in [0.2, 0.25) is 0 Å². The molecule has 0 saturated carbocycles. The fourth-order valence-corrected chi connectivity index (χ4v) is 8.29. The molecule has 0 atom stereocenters. The van der Waals surface area contributed by atoms with Crippen LogP contribution in [0, 0.1) is 0 Å². The Morgan fingerprint density at radius 1 is 0.576 bits per heavy atom. The third-order valence-electron chi connectivity index (χ3n) is 5.56. The van der Waals surface area contributed by atoms with E-state index in [1.54, 1.807) is 0 Å². The quantitative estimate of drug-likeness (QED) is 0.288. The monoisotopic (exact) mass is 454 g/mol. The molecule has 3 heteroatoms. The summed E-state index contributed by atoms with van der Waals surface area (Å²) < 4.78 is 0. The van der Waals surface area contributed by atoms with Gasteiger partial charge < -0.3 is 9.90 Å². The van der Waals surface area contributed by atoms with Crippen LogP contribution in [0.5, 0.6) is 0 Å². The first kappa shape index (κ1) is 24.4. The van der Waals surface area contributed by atoms with Crippen LogP contribution in [0.4, 0.5) is 0 Å². The summed E-state index contributed by atoms with van der Waals surface area (Å²) in [6, 6.07) is 43.8. The van der Waals surface area contributed by atoms with Crippen LogP contribution in [-0.4, -0.2) is 5.97 Å². The fraction of sp³-hybridized carbons (Fsp3) is 0.167. The van der Waals surface area contributed by atoms with Gasteiger partial charge in [-0.1, -0.05) is 92.6 Å². The number of carboxylic acid groups (broad SMARTS) is 1. The number of unbranched alkanes of at least 4 members (excludes halogenated alkanes) is 2. The molecular weight excluding hydrogens is 423 g/mol. The molecule has 0 unspecified atom stereocenters. The van der Waals surface area contributed by atoms with Gasteiger partial charge in [0.1, 0.15) is 28.5 Å². The first-order chi connectivity index (χ1) is 16.2. The van der Waals surface area contributed by atoms with E-state index in [1.807, 2.05) is 6.92 Å². The Morgan fingerprint density at radius 2 is 0.879 bits per heavy atom. The van der Waals surface area contributed by atoms with Gasteiger partial charge in [-0.15, -0.1) is 0 Å². The molecule has 2 nitrogen and oxygen atoms in total. The van der Waals surface area contributed by atoms with E-state index in [-0.39, 0.29) is 6.42 Å². The predicted molar refractivity (Wildman–Crippen MR) is 140 cm³/mol. The third kappa shape index (κ3) is 6.18. The van der Waals surface area contributed by atoms with Crippen LogP contribution in [0.15, 0.2) is 121 Å². The second-order valence-electron chi connectivity index (χ2n) is 7.84. The summed E-state index contributed by atoms with van der Waals surface area (Å²) in [6.45, 7) is 2.04. The molecule has 0 radical (unpaired) electrons. The van der Waals surface area contributed by atoms with Crippen LogP contribution >= 0.6 is 7.26 Å². The SMILES string of the molecule is CCCCCC(=O)[O-].c1ccc([P+](c2ccccc2)(c2ccccc2)c2ccccc2)cc1. The molecule has 168 valence electrons. The Labute approximate surface area is 198 Å². The van der Waals surface area contributed by atoms with Crippen LogP contribution in [0.3, 0.4) is 0 Å². The molecule has 0 N–H and O–H groups in total. The molecule has 0 bridgehead atoms. The van der Waals surface area contributed by atoms with Crippen molar-refractivity contribution >= 4 is 34.4 Å². The number of carbonyl (C=O) groups excluding carboxylic acids is 1. The number of rotatable bonds is 8. The molecule has 0 aliphatic heterocycles. The number of carbonyl (C=O) groups is 1. The molecule has 4 aromatic carbocycles. The van der Waals surface area contributed by atoms with E-state index in [4.69, 9.17) is 0 Å². The maximum absolute atomic E-state index is 9.76. The van der Waals surface area contributed by atoms with E-state index < -0.39 is 13.2 Å². The number of benzene rings is 4. The zero-order valence-corrected chi connectivity index (χ0v) is 20.0. The molecular formula is C30H31O2P. The molecule has 0 heterocycles. The van der Waals surface area contributed by atoms with Crippen molar-refractivity contribution in [3.05, 3.63) is 121 Å². The first-order valence-corrected chi connectivity index (χ1v) is 13.3. The lowest BCUT2D eigenvalue weighted by atomic mass is 10.2. The van der Waals surface area contributed by atoms with Gasteiger partial charge in [-0.3, -0.25) is 0 Å². The van der Waals surface area contributed by atoms with Crippen LogP contribution in [0.25, 0.3) is 0 Å². The zero-order chi connectivity index (χ0) is 23.4. The molecule has 0 spiro atoms. The van der Waals surface area contributed by atoms with Crippen LogP contribution in [0.1, 0.15) is 32.6 Å². The number of hydrogen-bond donors (Lipinski definition) is 0. The Hall–Kier alpha value is -3.22. The molecule has 0 amide bonds. The van der Waals surface area contributed by atoms with Crippen LogP contribution in [-0.2, 0) is 4.79 Å². The van der Waals surface area contributed by atoms with E-state index in [2.05, 4.69) is 121 Å². The van der Waals surface area contributed by atoms with Gasteiger partial charge in [0.2, 0.25) is 0 Å². The Morgan fingerprint density at radius 3 is 1.12 bits per heavy atom. The van der Waals surface area contributed by atoms with Gasteiger partial charge >= 0.3 is 0 Å². The van der Waals surface area contributed by atoms with Gasteiger partial charge in [-0.2, -0.15) is 0 Å². The van der Waals surface area contributed by atoms with Crippen molar-refractivity contribution in [1.29, 1.82) is 0 Å². The minimum atomic E-state index is -1.91. The Balaban J connectivity index is 0.000000331. The highest BCUT2D eigenvalue weighted by Crippen LogP contribution is 2.53. The summed E-state index contributed by atoms with van der Waals surface area (Å²) in [5.74, 6) is -0.932. The maximum atomic E-state index is 9.76. The van der Waals surface area contributed by atoms with Crippen molar-refractivity contribution in [2.45, 2.75) is 32.6 Å². The van der Waals surface area contributed by atoms with Gasteiger partial charge in [0.25, 0.3) is 0 Å². The topological polar surface area (TPSA) is 40.1 Å². The van der Waals surface area contributed by atoms with Gasteiger partial charge in [-0.25, -0.2) is 0 Å². The Kier molecular flexibility index (Phi) is 9.42. The van der Waals surface area contributed by atoms with Crippen LogP contribution < -0.4 is 26.3 Å². The maximum Gasteiger partial charge on any atom is 0.144 e. The summed E-state index contributed by atoms with van der Waals surface area (Å²) in [4.78, 5) is 9.76. The normalized spacial score (nSPS) is 10.7.